The molecule has 0 unspecified atom stereocenters. The molecule has 5 rings (SSSR count). The zero-order chi connectivity index (χ0) is 25.4. The van der Waals surface area contributed by atoms with Crippen molar-refractivity contribution in [1.29, 1.82) is 0 Å². The van der Waals surface area contributed by atoms with Crippen LogP contribution >= 0.6 is 11.3 Å². The number of carbonyl (C=O) groups is 1. The monoisotopic (exact) mass is 497 g/mol. The van der Waals surface area contributed by atoms with Crippen molar-refractivity contribution in [2.75, 3.05) is 5.32 Å². The summed E-state index contributed by atoms with van der Waals surface area (Å²) in [5.74, 6) is -0.270. The molecule has 0 saturated heterocycles. The number of hydrogen-bond acceptors (Lipinski definition) is 5. The zero-order valence-corrected chi connectivity index (χ0v) is 21.5. The summed E-state index contributed by atoms with van der Waals surface area (Å²) in [5, 5.41) is 7.53. The number of anilines is 1. The lowest BCUT2D eigenvalue weighted by molar-refractivity contribution is -0.113. The van der Waals surface area contributed by atoms with Crippen LogP contribution in [-0.2, 0) is 11.3 Å². The lowest BCUT2D eigenvalue weighted by Crippen LogP contribution is -2.40. The second kappa shape index (κ2) is 9.54. The quantitative estimate of drug-likeness (QED) is 0.457. The van der Waals surface area contributed by atoms with Crippen molar-refractivity contribution in [2.24, 2.45) is 4.99 Å². The fourth-order valence-electron chi connectivity index (χ4n) is 4.44. The molecule has 0 spiro atoms. The Labute approximate surface area is 212 Å². The fraction of sp³-hybridized carbons (Fsp3) is 0.214. The number of nitrogens with zero attached hydrogens (tertiary/aromatic N) is 4. The number of fused-ring (bicyclic) bond motifs is 1. The van der Waals surface area contributed by atoms with Gasteiger partial charge in [-0.25, -0.2) is 4.99 Å². The van der Waals surface area contributed by atoms with Gasteiger partial charge in [0, 0.05) is 24.0 Å². The summed E-state index contributed by atoms with van der Waals surface area (Å²) in [6, 6.07) is 16.7. The number of allylic oxidation sites excluding steroid dienone is 1. The Morgan fingerprint density at radius 2 is 1.81 bits per heavy atom. The normalized spacial score (nSPS) is 15.6. The lowest BCUT2D eigenvalue weighted by atomic mass is 9.95. The Kier molecular flexibility index (Phi) is 6.28. The topological polar surface area (TPSA) is 81.3 Å². The van der Waals surface area contributed by atoms with Crippen molar-refractivity contribution < 1.29 is 4.79 Å². The molecule has 36 heavy (non-hydrogen) atoms. The van der Waals surface area contributed by atoms with E-state index in [-0.39, 0.29) is 11.5 Å². The average Bonchev–Trinajstić information content (AvgIpc) is 3.38. The number of amides is 1. The highest BCUT2D eigenvalue weighted by molar-refractivity contribution is 7.07. The largest absolute Gasteiger partial charge is 0.322 e. The van der Waals surface area contributed by atoms with Gasteiger partial charge >= 0.3 is 0 Å². The van der Waals surface area contributed by atoms with E-state index in [2.05, 4.69) is 10.4 Å². The molecule has 1 atom stereocenters. The number of aryl methyl sites for hydroxylation is 3. The molecule has 8 heteroatoms. The SMILES string of the molecule is CCn1cc(C=c2sc3n(c2=O)[C@H](c2ccccc2)C(C(=O)Nc2ccccc2C)=C(C)N=3)c(C)n1. The van der Waals surface area contributed by atoms with Gasteiger partial charge in [0.25, 0.3) is 11.5 Å². The first-order chi connectivity index (χ1) is 17.4. The average molecular weight is 498 g/mol. The molecule has 7 nitrogen and oxygen atoms in total. The van der Waals surface area contributed by atoms with Gasteiger partial charge in [-0.15, -0.1) is 0 Å². The third kappa shape index (κ3) is 4.24. The van der Waals surface area contributed by atoms with E-state index in [1.807, 2.05) is 99.2 Å². The molecule has 1 aliphatic heterocycles. The van der Waals surface area contributed by atoms with Gasteiger partial charge in [0.15, 0.2) is 4.80 Å². The Morgan fingerprint density at radius 1 is 1.08 bits per heavy atom. The van der Waals surface area contributed by atoms with E-state index in [0.29, 0.717) is 20.6 Å². The van der Waals surface area contributed by atoms with Crippen molar-refractivity contribution in [3.05, 3.63) is 114 Å². The van der Waals surface area contributed by atoms with Gasteiger partial charge in [0.2, 0.25) is 0 Å². The van der Waals surface area contributed by atoms with Gasteiger partial charge < -0.3 is 5.32 Å². The maximum absolute atomic E-state index is 13.8. The first kappa shape index (κ1) is 23.7. The van der Waals surface area contributed by atoms with Gasteiger partial charge in [0.05, 0.1) is 27.5 Å². The van der Waals surface area contributed by atoms with E-state index in [1.54, 1.807) is 4.57 Å². The number of nitrogens with one attached hydrogen (secondary N) is 1. The summed E-state index contributed by atoms with van der Waals surface area (Å²) in [6.07, 6.45) is 3.81. The van der Waals surface area contributed by atoms with E-state index in [1.165, 1.54) is 11.3 Å². The highest BCUT2D eigenvalue weighted by Gasteiger charge is 2.32. The smallest absolute Gasteiger partial charge is 0.271 e. The predicted molar refractivity (Wildman–Crippen MR) is 143 cm³/mol. The van der Waals surface area contributed by atoms with Gasteiger partial charge in [-0.1, -0.05) is 59.9 Å². The van der Waals surface area contributed by atoms with Crippen molar-refractivity contribution in [2.45, 2.75) is 40.3 Å². The Bertz CT molecular complexity index is 1670. The maximum atomic E-state index is 13.8. The van der Waals surface area contributed by atoms with Gasteiger partial charge in [-0.05, 0) is 51.0 Å². The van der Waals surface area contributed by atoms with Crippen molar-refractivity contribution in [3.8, 4) is 0 Å². The number of aromatic nitrogens is 3. The highest BCUT2D eigenvalue weighted by Crippen LogP contribution is 2.31. The molecule has 1 aliphatic rings. The van der Waals surface area contributed by atoms with Crippen molar-refractivity contribution in [3.63, 3.8) is 0 Å². The first-order valence-corrected chi connectivity index (χ1v) is 12.7. The molecule has 2 aromatic carbocycles. The Balaban J connectivity index is 1.67. The molecule has 0 fully saturated rings. The molecule has 182 valence electrons. The van der Waals surface area contributed by atoms with Crippen LogP contribution in [-0.4, -0.2) is 20.3 Å². The minimum Gasteiger partial charge on any atom is -0.322 e. The molecule has 4 aromatic rings. The molecule has 2 aromatic heterocycles. The molecule has 3 heterocycles. The van der Waals surface area contributed by atoms with Crippen molar-refractivity contribution in [1.82, 2.24) is 14.3 Å². The number of rotatable bonds is 5. The number of para-hydroxylation sites is 1. The highest BCUT2D eigenvalue weighted by atomic mass is 32.1. The minimum atomic E-state index is -0.590. The second-order valence-corrected chi connectivity index (χ2v) is 9.80. The molecule has 0 aliphatic carbocycles. The van der Waals surface area contributed by atoms with Crippen LogP contribution in [0.1, 0.15) is 42.3 Å². The number of carbonyl (C=O) groups excluding carboxylic acids is 1. The second-order valence-electron chi connectivity index (χ2n) is 8.79. The van der Waals surface area contributed by atoms with Crippen LogP contribution in [0.2, 0.25) is 0 Å². The molecule has 1 amide bonds. The standard InChI is InChI=1S/C28H27N5O2S/c1-5-32-16-21(18(3)31-32)15-23-27(35)33-25(20-12-7-6-8-13-20)24(19(4)29-28(33)36-23)26(34)30-22-14-10-9-11-17(22)2/h6-16,25H,5H2,1-4H3,(H,30,34)/t25-/m1/s1. The van der Waals surface area contributed by atoms with E-state index in [4.69, 9.17) is 4.99 Å². The van der Waals surface area contributed by atoms with Crippen LogP contribution in [0, 0.1) is 13.8 Å². The summed E-state index contributed by atoms with van der Waals surface area (Å²) < 4.78 is 4.05. The first-order valence-electron chi connectivity index (χ1n) is 11.9. The summed E-state index contributed by atoms with van der Waals surface area (Å²) in [6.45, 7) is 8.48. The maximum Gasteiger partial charge on any atom is 0.271 e. The summed E-state index contributed by atoms with van der Waals surface area (Å²) in [4.78, 5) is 32.7. The van der Waals surface area contributed by atoms with Crippen LogP contribution < -0.4 is 20.2 Å². The molecular weight excluding hydrogens is 470 g/mol. The minimum absolute atomic E-state index is 0.176. The van der Waals surface area contributed by atoms with Crippen LogP contribution in [0.15, 0.2) is 81.9 Å². The summed E-state index contributed by atoms with van der Waals surface area (Å²) in [5.41, 5.74) is 5.17. The van der Waals surface area contributed by atoms with E-state index >= 15 is 0 Å². The Hall–Kier alpha value is -4.04. The predicted octanol–water partition coefficient (Wildman–Crippen LogP) is 3.71. The van der Waals surface area contributed by atoms with Crippen LogP contribution in [0.25, 0.3) is 6.08 Å². The van der Waals surface area contributed by atoms with Crippen molar-refractivity contribution >= 4 is 29.0 Å². The third-order valence-electron chi connectivity index (χ3n) is 6.37. The zero-order valence-electron chi connectivity index (χ0n) is 20.6. The Morgan fingerprint density at radius 3 is 2.50 bits per heavy atom. The van der Waals surface area contributed by atoms with E-state index < -0.39 is 6.04 Å². The van der Waals surface area contributed by atoms with Crippen LogP contribution in [0.4, 0.5) is 5.69 Å². The third-order valence-corrected chi connectivity index (χ3v) is 7.35. The number of hydrogen-bond donors (Lipinski definition) is 1. The molecule has 1 N–H and O–H groups in total. The van der Waals surface area contributed by atoms with Crippen LogP contribution in [0.3, 0.4) is 0 Å². The number of benzene rings is 2. The molecule has 0 bridgehead atoms. The lowest BCUT2D eigenvalue weighted by Gasteiger charge is -2.25. The van der Waals surface area contributed by atoms with E-state index in [9.17, 15) is 9.59 Å². The van der Waals surface area contributed by atoms with Gasteiger partial charge in [-0.2, -0.15) is 5.10 Å². The number of thiazole rings is 1. The molecular formula is C28H27N5O2S. The summed E-state index contributed by atoms with van der Waals surface area (Å²) >= 11 is 1.33. The summed E-state index contributed by atoms with van der Waals surface area (Å²) in [7, 11) is 0. The molecule has 0 saturated carbocycles. The van der Waals surface area contributed by atoms with E-state index in [0.717, 1.165) is 34.6 Å². The molecule has 0 radical (unpaired) electrons. The fourth-order valence-corrected chi connectivity index (χ4v) is 5.48. The van der Waals surface area contributed by atoms with Crippen LogP contribution in [0.5, 0.6) is 0 Å². The van der Waals surface area contributed by atoms with Gasteiger partial charge in [-0.3, -0.25) is 18.8 Å². The van der Waals surface area contributed by atoms with Gasteiger partial charge in [0.1, 0.15) is 0 Å².